The van der Waals surface area contributed by atoms with Crippen LogP contribution in [-0.2, 0) is 14.8 Å². The van der Waals surface area contributed by atoms with E-state index in [9.17, 15) is 22.8 Å². The minimum Gasteiger partial charge on any atom is -0.352 e. The summed E-state index contributed by atoms with van der Waals surface area (Å²) in [5, 5.41) is 8.01. The van der Waals surface area contributed by atoms with Crippen LogP contribution in [0.3, 0.4) is 0 Å². The van der Waals surface area contributed by atoms with Gasteiger partial charge in [0.15, 0.2) is 0 Å². The summed E-state index contributed by atoms with van der Waals surface area (Å²) in [5.74, 6) is -1.32. The molecule has 0 heterocycles. The zero-order valence-corrected chi connectivity index (χ0v) is 18.8. The molecule has 9 nitrogen and oxygen atoms in total. The topological polar surface area (TPSA) is 133 Å². The highest BCUT2D eigenvalue weighted by atomic mass is 35.5. The maximum atomic E-state index is 12.8. The Kier molecular flexibility index (Phi) is 8.01. The molecular formula is C20H23ClN4O5S. The zero-order valence-electron chi connectivity index (χ0n) is 17.2. The van der Waals surface area contributed by atoms with Gasteiger partial charge in [0.1, 0.15) is 0 Å². The first-order chi connectivity index (χ1) is 14.5. The van der Waals surface area contributed by atoms with Gasteiger partial charge in [0.25, 0.3) is 11.8 Å². The van der Waals surface area contributed by atoms with Crippen molar-refractivity contribution in [1.82, 2.24) is 5.32 Å². The number of carbonyl (C=O) groups is 3. The van der Waals surface area contributed by atoms with E-state index >= 15 is 0 Å². The van der Waals surface area contributed by atoms with Crippen molar-refractivity contribution in [3.63, 3.8) is 0 Å². The lowest BCUT2D eigenvalue weighted by molar-refractivity contribution is -0.114. The third kappa shape index (κ3) is 7.26. The monoisotopic (exact) mass is 466 g/mol. The van der Waals surface area contributed by atoms with Crippen LogP contribution < -0.4 is 20.7 Å². The normalized spacial score (nSPS) is 10.8. The average Bonchev–Trinajstić information content (AvgIpc) is 2.65. The highest BCUT2D eigenvalue weighted by Gasteiger charge is 2.17. The number of hydrogen-bond donors (Lipinski definition) is 4. The van der Waals surface area contributed by atoms with E-state index in [0.717, 1.165) is 12.7 Å². The summed E-state index contributed by atoms with van der Waals surface area (Å²) in [7, 11) is -3.65. The second-order valence-electron chi connectivity index (χ2n) is 6.72. The first-order valence-corrected chi connectivity index (χ1v) is 11.6. The summed E-state index contributed by atoms with van der Waals surface area (Å²) in [5.41, 5.74) is 0.906. The Labute approximate surface area is 185 Å². The van der Waals surface area contributed by atoms with Crippen molar-refractivity contribution in [2.45, 2.75) is 20.3 Å². The Hall–Kier alpha value is -3.11. The molecule has 2 aromatic carbocycles. The quantitative estimate of drug-likeness (QED) is 0.474. The first kappa shape index (κ1) is 24.2. The standard InChI is InChI=1S/C20H23ClN4O5S/c1-4-9-22-19(27)15-7-5-14(11-17(15)21)24-20(28)16-10-13(23-12(2)26)6-8-18(16)25-31(3,29)30/h5-8,10-11,25H,4,9H2,1-3H3,(H,22,27)(H,23,26)(H,24,28). The van der Waals surface area contributed by atoms with Gasteiger partial charge in [-0.2, -0.15) is 0 Å². The number of rotatable bonds is 8. The smallest absolute Gasteiger partial charge is 0.257 e. The van der Waals surface area contributed by atoms with E-state index < -0.39 is 15.9 Å². The van der Waals surface area contributed by atoms with Gasteiger partial charge in [-0.3, -0.25) is 19.1 Å². The van der Waals surface area contributed by atoms with E-state index in [1.165, 1.54) is 43.3 Å². The molecule has 2 aromatic rings. The minimum absolute atomic E-state index is 0.0161. The number of benzene rings is 2. The number of amides is 3. The molecule has 0 saturated heterocycles. The predicted molar refractivity (Wildman–Crippen MR) is 121 cm³/mol. The van der Waals surface area contributed by atoms with Crippen molar-refractivity contribution in [3.05, 3.63) is 52.5 Å². The lowest BCUT2D eigenvalue weighted by atomic mass is 10.1. The molecule has 0 bridgehead atoms. The Morgan fingerprint density at radius 1 is 0.935 bits per heavy atom. The van der Waals surface area contributed by atoms with Gasteiger partial charge in [0.05, 0.1) is 28.1 Å². The maximum Gasteiger partial charge on any atom is 0.257 e. The first-order valence-electron chi connectivity index (χ1n) is 9.28. The zero-order chi connectivity index (χ0) is 23.2. The van der Waals surface area contributed by atoms with Crippen LogP contribution in [0.4, 0.5) is 17.1 Å². The van der Waals surface area contributed by atoms with Crippen molar-refractivity contribution in [3.8, 4) is 0 Å². The second kappa shape index (κ2) is 10.3. The van der Waals surface area contributed by atoms with Crippen molar-refractivity contribution >= 4 is 56.4 Å². The van der Waals surface area contributed by atoms with Gasteiger partial charge in [-0.1, -0.05) is 18.5 Å². The number of hydrogen-bond acceptors (Lipinski definition) is 5. The Morgan fingerprint density at radius 3 is 2.16 bits per heavy atom. The lowest BCUT2D eigenvalue weighted by Crippen LogP contribution is -2.24. The molecule has 0 aromatic heterocycles. The van der Waals surface area contributed by atoms with Crippen LogP contribution in [0.1, 0.15) is 41.0 Å². The molecule has 0 aliphatic heterocycles. The summed E-state index contributed by atoms with van der Waals surface area (Å²) in [6, 6.07) is 8.58. The number of nitrogens with one attached hydrogen (secondary N) is 4. The third-order valence-corrected chi connectivity index (χ3v) is 4.79. The molecule has 0 saturated carbocycles. The van der Waals surface area contributed by atoms with Crippen LogP contribution >= 0.6 is 11.6 Å². The van der Waals surface area contributed by atoms with E-state index in [2.05, 4.69) is 20.7 Å². The molecule has 31 heavy (non-hydrogen) atoms. The minimum atomic E-state index is -3.65. The van der Waals surface area contributed by atoms with Crippen LogP contribution in [0.15, 0.2) is 36.4 Å². The summed E-state index contributed by atoms with van der Waals surface area (Å²) in [6.45, 7) is 3.74. The Morgan fingerprint density at radius 2 is 1.58 bits per heavy atom. The molecule has 11 heteroatoms. The van der Waals surface area contributed by atoms with E-state index in [-0.39, 0.29) is 33.7 Å². The summed E-state index contributed by atoms with van der Waals surface area (Å²) >= 11 is 6.18. The van der Waals surface area contributed by atoms with Gasteiger partial charge >= 0.3 is 0 Å². The summed E-state index contributed by atoms with van der Waals surface area (Å²) < 4.78 is 25.6. The molecule has 3 amide bonds. The molecular weight excluding hydrogens is 444 g/mol. The molecule has 0 aliphatic carbocycles. The van der Waals surface area contributed by atoms with Crippen molar-refractivity contribution in [2.24, 2.45) is 0 Å². The number of anilines is 3. The van der Waals surface area contributed by atoms with Crippen LogP contribution in [0, 0.1) is 0 Å². The fourth-order valence-electron chi connectivity index (χ4n) is 2.61. The largest absolute Gasteiger partial charge is 0.352 e. The van der Waals surface area contributed by atoms with Crippen molar-refractivity contribution < 1.29 is 22.8 Å². The molecule has 0 atom stereocenters. The van der Waals surface area contributed by atoms with Crippen LogP contribution in [0.5, 0.6) is 0 Å². The van der Waals surface area contributed by atoms with Gasteiger partial charge in [0.2, 0.25) is 15.9 Å². The van der Waals surface area contributed by atoms with Gasteiger partial charge in [-0.05, 0) is 42.8 Å². The second-order valence-corrected chi connectivity index (χ2v) is 8.88. The van der Waals surface area contributed by atoms with E-state index in [1.54, 1.807) is 0 Å². The molecule has 0 spiro atoms. The van der Waals surface area contributed by atoms with E-state index in [4.69, 9.17) is 11.6 Å². The van der Waals surface area contributed by atoms with Gasteiger partial charge < -0.3 is 16.0 Å². The van der Waals surface area contributed by atoms with E-state index in [0.29, 0.717) is 17.9 Å². The van der Waals surface area contributed by atoms with Gasteiger partial charge in [-0.25, -0.2) is 8.42 Å². The highest BCUT2D eigenvalue weighted by Crippen LogP contribution is 2.25. The fourth-order valence-corrected chi connectivity index (χ4v) is 3.45. The molecule has 0 aliphatic rings. The molecule has 0 unspecified atom stereocenters. The molecule has 2 rings (SSSR count). The van der Waals surface area contributed by atoms with Crippen LogP contribution in [-0.4, -0.2) is 38.9 Å². The summed E-state index contributed by atoms with van der Waals surface area (Å²) in [6.07, 6.45) is 1.73. The van der Waals surface area contributed by atoms with Crippen LogP contribution in [0.25, 0.3) is 0 Å². The highest BCUT2D eigenvalue weighted by molar-refractivity contribution is 7.92. The van der Waals surface area contributed by atoms with Gasteiger partial charge in [0, 0.05) is 24.8 Å². The summed E-state index contributed by atoms with van der Waals surface area (Å²) in [4.78, 5) is 36.3. The molecule has 0 radical (unpaired) electrons. The molecule has 0 fully saturated rings. The molecule has 166 valence electrons. The lowest BCUT2D eigenvalue weighted by Gasteiger charge is -2.14. The van der Waals surface area contributed by atoms with Crippen molar-refractivity contribution in [2.75, 3.05) is 28.2 Å². The fraction of sp³-hybridized carbons (Fsp3) is 0.250. The Balaban J connectivity index is 2.32. The van der Waals surface area contributed by atoms with Gasteiger partial charge in [-0.15, -0.1) is 0 Å². The predicted octanol–water partition coefficient (Wildman–Crippen LogP) is 3.06. The third-order valence-electron chi connectivity index (χ3n) is 3.89. The maximum absolute atomic E-state index is 12.8. The van der Waals surface area contributed by atoms with E-state index in [1.807, 2.05) is 6.92 Å². The number of sulfonamides is 1. The average molecular weight is 467 g/mol. The number of carbonyl (C=O) groups excluding carboxylic acids is 3. The SMILES string of the molecule is CCCNC(=O)c1ccc(NC(=O)c2cc(NC(C)=O)ccc2NS(C)(=O)=O)cc1Cl. The number of halogens is 1. The molecule has 4 N–H and O–H groups in total. The Bertz CT molecular complexity index is 1120. The van der Waals surface area contributed by atoms with Crippen molar-refractivity contribution in [1.29, 1.82) is 0 Å². The van der Waals surface area contributed by atoms with Crippen LogP contribution in [0.2, 0.25) is 5.02 Å².